The highest BCUT2D eigenvalue weighted by Crippen LogP contribution is 2.58. The minimum atomic E-state index is -3.83. The Balaban J connectivity index is 2.09. The number of likely N-dealkylation sites (tertiary alicyclic amines) is 1. The second-order valence-electron chi connectivity index (χ2n) is 11.4. The molecule has 0 bridgehead atoms. The molecule has 198 valence electrons. The summed E-state index contributed by atoms with van der Waals surface area (Å²) in [6.07, 6.45) is 1.00. The molecule has 0 saturated carbocycles. The first-order chi connectivity index (χ1) is 16.4. The number of ketones is 1. The lowest BCUT2D eigenvalue weighted by atomic mass is 9.81. The summed E-state index contributed by atoms with van der Waals surface area (Å²) in [4.78, 5) is 52.1. The molecule has 0 radical (unpaired) electrons. The van der Waals surface area contributed by atoms with Gasteiger partial charge in [0.1, 0.15) is 0 Å². The van der Waals surface area contributed by atoms with Crippen molar-refractivity contribution in [2.45, 2.75) is 59.8 Å². The standard InChI is InChI=1S/C24H36N4O6PS/c1-7-24(5,6)14-28-20(23(2,3)4)19(30)18(22(28)31)21-26-16-9-8-15(13-36(25,33)34)12-17(16)35(32,27-21)11-10-29/h8-10,12,18,20,32H,7,11,13-14H2,1-6H3,(H,26,27)(H2,25,33,34)/q+1/t18?,20-,35?/m1/s1. The van der Waals surface area contributed by atoms with Crippen LogP contribution in [-0.4, -0.2) is 60.8 Å². The van der Waals surface area contributed by atoms with Gasteiger partial charge in [0.15, 0.2) is 35.3 Å². The molecule has 3 atom stereocenters. The molecule has 0 aromatic heterocycles. The maximum absolute atomic E-state index is 13.7. The van der Waals surface area contributed by atoms with Gasteiger partial charge >= 0.3 is 7.64 Å². The van der Waals surface area contributed by atoms with Crippen molar-refractivity contribution < 1.29 is 27.7 Å². The summed E-state index contributed by atoms with van der Waals surface area (Å²) in [5, 5.41) is 8.46. The Kier molecular flexibility index (Phi) is 7.56. The van der Waals surface area contributed by atoms with Crippen LogP contribution in [0.15, 0.2) is 23.0 Å². The molecule has 2 unspecified atom stereocenters. The molecule has 10 nitrogen and oxygen atoms in total. The molecule has 1 fully saturated rings. The van der Waals surface area contributed by atoms with Crippen molar-refractivity contribution in [1.82, 2.24) is 4.90 Å². The van der Waals surface area contributed by atoms with Gasteiger partial charge in [-0.1, -0.05) is 52.4 Å². The number of hydrogen-bond acceptors (Lipinski definition) is 8. The fourth-order valence-corrected chi connectivity index (χ4v) is 7.33. The van der Waals surface area contributed by atoms with Crippen LogP contribution in [0, 0.1) is 16.7 Å². The quantitative estimate of drug-likeness (QED) is 0.258. The fraction of sp³-hybridized carbons (Fsp3) is 0.583. The van der Waals surface area contributed by atoms with E-state index in [1.165, 1.54) is 12.1 Å². The normalized spacial score (nSPS) is 24.9. The molecule has 1 saturated heterocycles. The molecular formula is C24H36N4O6PS+. The highest BCUT2D eigenvalue weighted by atomic mass is 32.2. The lowest BCUT2D eigenvalue weighted by molar-refractivity contribution is -0.133. The molecule has 2 aliphatic heterocycles. The van der Waals surface area contributed by atoms with Crippen LogP contribution in [0.2, 0.25) is 0 Å². The molecule has 2 heterocycles. The number of nitrogens with zero attached hydrogens (tertiary/aromatic N) is 2. The Bertz CT molecular complexity index is 1220. The molecule has 0 spiro atoms. The van der Waals surface area contributed by atoms with Gasteiger partial charge in [0, 0.05) is 6.54 Å². The largest absolute Gasteiger partial charge is 0.336 e. The molecule has 36 heavy (non-hydrogen) atoms. The van der Waals surface area contributed by atoms with Gasteiger partial charge in [-0.2, -0.15) is 0 Å². The minimum Gasteiger partial charge on any atom is -0.336 e. The molecule has 1 amide bonds. The average Bonchev–Trinajstić information content (AvgIpc) is 2.96. The first-order valence-electron chi connectivity index (χ1n) is 11.8. The SMILES string of the molecule is CCC(C)(C)CN1C(=O)C(C2=N[P+](O)(CC=O)c3cc(CS(N)(=O)=O)ccc3N2)C(=O)[C@@H]1C(C)(C)C. The third-order valence-electron chi connectivity index (χ3n) is 6.73. The Morgan fingerprint density at radius 3 is 2.39 bits per heavy atom. The van der Waals surface area contributed by atoms with Crippen molar-refractivity contribution >= 4 is 52.5 Å². The topological polar surface area (TPSA) is 159 Å². The Hall–Kier alpha value is -2.20. The van der Waals surface area contributed by atoms with Gasteiger partial charge in [-0.25, -0.2) is 18.5 Å². The number of nitrogens with two attached hydrogens (primary N) is 1. The molecule has 1 aromatic carbocycles. The predicted octanol–water partition coefficient (Wildman–Crippen LogP) is 1.84. The van der Waals surface area contributed by atoms with Crippen LogP contribution in [0.1, 0.15) is 53.5 Å². The van der Waals surface area contributed by atoms with Crippen LogP contribution < -0.4 is 15.8 Å². The highest BCUT2D eigenvalue weighted by Gasteiger charge is 2.57. The van der Waals surface area contributed by atoms with Gasteiger partial charge < -0.3 is 10.2 Å². The van der Waals surface area contributed by atoms with Crippen molar-refractivity contribution in [2.75, 3.05) is 18.0 Å². The van der Waals surface area contributed by atoms with Crippen molar-refractivity contribution in [2.24, 2.45) is 26.6 Å². The van der Waals surface area contributed by atoms with Crippen LogP contribution in [0.5, 0.6) is 0 Å². The number of aldehydes is 1. The number of carbonyl (C=O) groups is 3. The average molecular weight is 540 g/mol. The summed E-state index contributed by atoms with van der Waals surface area (Å²) in [6, 6.07) is 3.85. The van der Waals surface area contributed by atoms with Crippen molar-refractivity contribution in [1.29, 1.82) is 0 Å². The van der Waals surface area contributed by atoms with E-state index in [2.05, 4.69) is 10.1 Å². The van der Waals surface area contributed by atoms with Gasteiger partial charge in [-0.15, -0.1) is 0 Å². The first kappa shape index (κ1) is 28.4. The van der Waals surface area contributed by atoms with Crippen LogP contribution in [0.4, 0.5) is 5.69 Å². The zero-order valence-electron chi connectivity index (χ0n) is 21.6. The van der Waals surface area contributed by atoms with Crippen LogP contribution >= 0.6 is 7.64 Å². The lowest BCUT2D eigenvalue weighted by Crippen LogP contribution is -2.48. The van der Waals surface area contributed by atoms with E-state index in [-0.39, 0.29) is 34.4 Å². The molecule has 1 aromatic rings. The fourth-order valence-electron chi connectivity index (χ4n) is 4.68. The summed E-state index contributed by atoms with van der Waals surface area (Å²) in [5.74, 6) is -2.37. The molecule has 3 rings (SSSR count). The molecule has 0 aliphatic carbocycles. The van der Waals surface area contributed by atoms with E-state index < -0.39 is 40.8 Å². The van der Waals surface area contributed by atoms with Crippen molar-refractivity contribution in [3.8, 4) is 0 Å². The van der Waals surface area contributed by atoms with E-state index in [1.54, 1.807) is 11.0 Å². The summed E-state index contributed by atoms with van der Waals surface area (Å²) < 4.78 is 27.5. The zero-order chi connectivity index (χ0) is 27.3. The number of Topliss-reactive ketones (excluding diaryl/α,β-unsaturated/α-hetero) is 1. The Morgan fingerprint density at radius 2 is 1.86 bits per heavy atom. The monoisotopic (exact) mass is 539 g/mol. The van der Waals surface area contributed by atoms with E-state index in [9.17, 15) is 27.7 Å². The van der Waals surface area contributed by atoms with Gasteiger partial charge in [-0.05, 0) is 34.9 Å². The number of primary sulfonamides is 1. The second kappa shape index (κ2) is 9.59. The number of rotatable bonds is 8. The van der Waals surface area contributed by atoms with Crippen LogP contribution in [0.3, 0.4) is 0 Å². The number of fused-ring (bicyclic) bond motifs is 1. The summed E-state index contributed by atoms with van der Waals surface area (Å²) in [7, 11) is -7.36. The number of nitrogens with one attached hydrogen (secondary N) is 1. The van der Waals surface area contributed by atoms with Crippen LogP contribution in [-0.2, 0) is 30.2 Å². The highest BCUT2D eigenvalue weighted by molar-refractivity contribution is 7.88. The second-order valence-corrected chi connectivity index (χ2v) is 15.6. The van der Waals surface area contributed by atoms with E-state index in [4.69, 9.17) is 5.14 Å². The third-order valence-corrected chi connectivity index (χ3v) is 9.81. The van der Waals surface area contributed by atoms with Crippen LogP contribution in [0.25, 0.3) is 0 Å². The Morgan fingerprint density at radius 1 is 1.22 bits per heavy atom. The van der Waals surface area contributed by atoms with Gasteiger partial charge in [0.25, 0.3) is 0 Å². The number of amidine groups is 1. The van der Waals surface area contributed by atoms with Gasteiger partial charge in [0.05, 0.1) is 17.5 Å². The predicted molar refractivity (Wildman–Crippen MR) is 142 cm³/mol. The molecule has 4 N–H and O–H groups in total. The summed E-state index contributed by atoms with van der Waals surface area (Å²) >= 11 is 0. The maximum atomic E-state index is 13.7. The van der Waals surface area contributed by atoms with Gasteiger partial charge in [0.2, 0.25) is 15.9 Å². The molecule has 2 aliphatic rings. The lowest BCUT2D eigenvalue weighted by Gasteiger charge is -2.38. The van der Waals surface area contributed by atoms with E-state index in [1.807, 2.05) is 41.5 Å². The molecular weight excluding hydrogens is 503 g/mol. The van der Waals surface area contributed by atoms with E-state index in [0.717, 1.165) is 6.42 Å². The van der Waals surface area contributed by atoms with Crippen molar-refractivity contribution in [3.05, 3.63) is 23.8 Å². The first-order valence-corrected chi connectivity index (χ1v) is 15.4. The van der Waals surface area contributed by atoms with Crippen molar-refractivity contribution in [3.63, 3.8) is 0 Å². The van der Waals surface area contributed by atoms with Gasteiger partial charge in [-0.3, -0.25) is 14.4 Å². The van der Waals surface area contributed by atoms with E-state index >= 15 is 0 Å². The third kappa shape index (κ3) is 5.69. The number of anilines is 1. The number of benzene rings is 1. The number of amides is 1. The minimum absolute atomic E-state index is 0.0143. The smallest absolute Gasteiger partial charge is 0.301 e. The van der Waals surface area contributed by atoms with E-state index in [0.29, 0.717) is 24.1 Å². The maximum Gasteiger partial charge on any atom is 0.301 e. The molecule has 12 heteroatoms. The number of sulfonamides is 1. The number of carbonyl (C=O) groups excluding carboxylic acids is 3. The summed E-state index contributed by atoms with van der Waals surface area (Å²) in [5.41, 5.74) is -0.0471. The number of hydrogen-bond donors (Lipinski definition) is 3. The Labute approximate surface area is 213 Å². The zero-order valence-corrected chi connectivity index (χ0v) is 23.3. The summed E-state index contributed by atoms with van der Waals surface area (Å²) in [6.45, 7) is 12.2.